The maximum atomic E-state index is 10.1. The van der Waals surface area contributed by atoms with Crippen LogP contribution in [-0.2, 0) is 4.74 Å². The Morgan fingerprint density at radius 3 is 1.91 bits per heavy atom. The number of hydrogen-bond donors (Lipinski definition) is 0. The van der Waals surface area contributed by atoms with Crippen molar-refractivity contribution < 1.29 is 9.53 Å². The summed E-state index contributed by atoms with van der Waals surface area (Å²) in [6.45, 7) is 4.58. The summed E-state index contributed by atoms with van der Waals surface area (Å²) in [5.41, 5.74) is 2.71. The molecule has 3 nitrogen and oxygen atoms in total. The summed E-state index contributed by atoms with van der Waals surface area (Å²) in [7, 11) is 0. The molecule has 0 aliphatic carbocycles. The smallest absolute Gasteiger partial charge is 0.337 e. The topological polar surface area (TPSA) is 43.0 Å². The minimum absolute atomic E-state index is 0.00867. The van der Waals surface area contributed by atoms with E-state index in [1.165, 1.54) is 0 Å². The third-order valence-electron chi connectivity index (χ3n) is 3.92. The van der Waals surface area contributed by atoms with Gasteiger partial charge in [0.05, 0.1) is 11.1 Å². The molecule has 2 aromatic rings. The van der Waals surface area contributed by atoms with E-state index in [-0.39, 0.29) is 17.4 Å². The van der Waals surface area contributed by atoms with Gasteiger partial charge in [-0.2, -0.15) is 0 Å². The lowest BCUT2D eigenvalue weighted by atomic mass is 9.87. The van der Waals surface area contributed by atoms with Crippen LogP contribution in [0, 0.1) is 5.41 Å². The van der Waals surface area contributed by atoms with E-state index in [4.69, 9.17) is 9.73 Å². The van der Waals surface area contributed by atoms with Gasteiger partial charge in [0.25, 0.3) is 0 Å². The number of cyclic esters (lactones) is 1. The first-order valence-corrected chi connectivity index (χ1v) is 7.45. The number of ether oxygens (including phenoxy) is 1. The van der Waals surface area contributed by atoms with Gasteiger partial charge in [0.1, 0.15) is 0 Å². The summed E-state index contributed by atoms with van der Waals surface area (Å²) in [5, 5.41) is 0. The number of rotatable bonds is 3. The van der Waals surface area contributed by atoms with Crippen LogP contribution in [0.1, 0.15) is 25.0 Å². The fraction of sp³-hybridized carbons (Fsp3) is 0.263. The Bertz CT molecular complexity index is 648. The predicted molar refractivity (Wildman–Crippen MR) is 89.0 cm³/mol. The Labute approximate surface area is 130 Å². The molecule has 112 valence electrons. The molecule has 0 bridgehead atoms. The van der Waals surface area contributed by atoms with E-state index in [0.29, 0.717) is 6.61 Å². The summed E-state index contributed by atoms with van der Waals surface area (Å²) in [6.07, 6.45) is 0. The number of benzene rings is 2. The molecule has 0 spiro atoms. The van der Waals surface area contributed by atoms with Crippen molar-refractivity contribution in [3.8, 4) is 0 Å². The zero-order valence-corrected chi connectivity index (χ0v) is 12.9. The van der Waals surface area contributed by atoms with Crippen LogP contribution in [0.25, 0.3) is 0 Å². The Morgan fingerprint density at radius 2 is 1.50 bits per heavy atom. The van der Waals surface area contributed by atoms with Gasteiger partial charge >= 0.3 is 5.97 Å². The van der Waals surface area contributed by atoms with Crippen molar-refractivity contribution in [2.24, 2.45) is 10.4 Å². The summed E-state index contributed by atoms with van der Waals surface area (Å²) in [5.74, 6) is 0.00867. The number of hydrogen-bond acceptors (Lipinski definition) is 2. The molecule has 1 atom stereocenters. The molecule has 1 saturated heterocycles. The highest BCUT2D eigenvalue weighted by Crippen LogP contribution is 2.32. The van der Waals surface area contributed by atoms with Crippen molar-refractivity contribution in [2.75, 3.05) is 6.61 Å². The Balaban J connectivity index is 2.10. The number of aliphatic imine (C=N–C) groups is 1. The molecule has 1 aliphatic heterocycles. The molecule has 0 unspecified atom stereocenters. The van der Waals surface area contributed by atoms with E-state index in [2.05, 4.69) is 13.8 Å². The van der Waals surface area contributed by atoms with Crippen LogP contribution in [0.4, 0.5) is 0 Å². The Morgan fingerprint density at radius 1 is 1.00 bits per heavy atom. The second-order valence-corrected chi connectivity index (χ2v) is 6.23. The van der Waals surface area contributed by atoms with Gasteiger partial charge in [0.15, 0.2) is 6.61 Å². The molecule has 0 radical (unpaired) electrons. The zero-order valence-electron chi connectivity index (χ0n) is 12.9. The molecule has 0 aromatic heterocycles. The van der Waals surface area contributed by atoms with Crippen LogP contribution in [-0.4, -0.2) is 29.1 Å². The predicted octanol–water partition coefficient (Wildman–Crippen LogP) is 3.45. The Kier molecular flexibility index (Phi) is 3.80. The average Bonchev–Trinajstić information content (AvgIpc) is 2.80. The summed E-state index contributed by atoms with van der Waals surface area (Å²) >= 11 is 0. The zero-order chi connectivity index (χ0) is 15.6. The summed E-state index contributed by atoms with van der Waals surface area (Å²) in [4.78, 5) is 14.9. The SMILES string of the molecule is CC1(C)COC(=[OH+])[C@H]1N=C(c1ccccc1)c1ccccc1. The number of esters is 1. The van der Waals surface area contributed by atoms with Gasteiger partial charge in [-0.1, -0.05) is 74.5 Å². The highest BCUT2D eigenvalue weighted by molar-refractivity contribution is 6.13. The third-order valence-corrected chi connectivity index (χ3v) is 3.92. The van der Waals surface area contributed by atoms with Gasteiger partial charge in [-0.15, -0.1) is 0 Å². The lowest BCUT2D eigenvalue weighted by molar-refractivity contribution is 0.227. The van der Waals surface area contributed by atoms with Gasteiger partial charge in [-0.05, 0) is 0 Å². The van der Waals surface area contributed by atoms with Gasteiger partial charge in [-0.3, -0.25) is 4.99 Å². The lowest BCUT2D eigenvalue weighted by Gasteiger charge is -2.16. The second kappa shape index (κ2) is 5.76. The van der Waals surface area contributed by atoms with E-state index in [1.54, 1.807) is 0 Å². The van der Waals surface area contributed by atoms with Gasteiger partial charge in [-0.25, -0.2) is 0 Å². The first-order valence-electron chi connectivity index (χ1n) is 7.45. The first kappa shape index (κ1) is 14.5. The monoisotopic (exact) mass is 294 g/mol. The second-order valence-electron chi connectivity index (χ2n) is 6.23. The van der Waals surface area contributed by atoms with Gasteiger partial charge in [0.2, 0.25) is 6.04 Å². The maximum absolute atomic E-state index is 10.1. The van der Waals surface area contributed by atoms with Gasteiger partial charge < -0.3 is 9.53 Å². The van der Waals surface area contributed by atoms with E-state index in [0.717, 1.165) is 16.8 Å². The first-order chi connectivity index (χ1) is 10.6. The molecule has 1 heterocycles. The highest BCUT2D eigenvalue weighted by Gasteiger charge is 2.50. The van der Waals surface area contributed by atoms with E-state index in [1.807, 2.05) is 60.7 Å². The lowest BCUT2D eigenvalue weighted by Crippen LogP contribution is -2.30. The third kappa shape index (κ3) is 2.80. The average molecular weight is 294 g/mol. The van der Waals surface area contributed by atoms with Crippen molar-refractivity contribution in [2.45, 2.75) is 19.9 Å². The van der Waals surface area contributed by atoms with Crippen LogP contribution in [0.5, 0.6) is 0 Å². The van der Waals surface area contributed by atoms with Crippen molar-refractivity contribution in [1.29, 1.82) is 0 Å². The highest BCUT2D eigenvalue weighted by atomic mass is 16.5. The minimum Gasteiger partial charge on any atom is -0.337 e. The molecule has 1 aliphatic rings. The fourth-order valence-electron chi connectivity index (χ4n) is 2.62. The Hall–Kier alpha value is -2.42. The van der Waals surface area contributed by atoms with Crippen molar-refractivity contribution in [3.63, 3.8) is 0 Å². The molecule has 22 heavy (non-hydrogen) atoms. The van der Waals surface area contributed by atoms with Crippen LogP contribution in [0.2, 0.25) is 0 Å². The largest absolute Gasteiger partial charge is 0.509 e. The number of nitrogens with zero attached hydrogens (tertiary/aromatic N) is 1. The molecule has 0 amide bonds. The van der Waals surface area contributed by atoms with Crippen molar-refractivity contribution in [3.05, 3.63) is 71.8 Å². The molecule has 1 fully saturated rings. The molecule has 0 saturated carbocycles. The molecular weight excluding hydrogens is 274 g/mol. The summed E-state index contributed by atoms with van der Waals surface area (Å²) < 4.78 is 5.32. The standard InChI is InChI=1S/C19H19NO2/c1-19(2)13-22-18(21)17(19)20-16(14-9-5-3-6-10-14)15-11-7-4-8-12-15/h3-12,17H,13H2,1-2H3/p+1/t17-/m1/s1. The molecular formula is C19H20NO2+. The van der Waals surface area contributed by atoms with Gasteiger partial charge in [0, 0.05) is 11.1 Å². The molecule has 3 rings (SSSR count). The van der Waals surface area contributed by atoms with E-state index >= 15 is 0 Å². The minimum atomic E-state index is -0.358. The normalized spacial score (nSPS) is 19.5. The van der Waals surface area contributed by atoms with Crippen LogP contribution in [0.15, 0.2) is 65.7 Å². The van der Waals surface area contributed by atoms with Crippen LogP contribution in [0.3, 0.4) is 0 Å². The van der Waals surface area contributed by atoms with E-state index < -0.39 is 0 Å². The van der Waals surface area contributed by atoms with Crippen molar-refractivity contribution >= 4 is 11.7 Å². The number of carbonyl (C=O) groups excluding carboxylic acids is 1. The molecule has 1 N–H and O–H groups in total. The molecule has 3 heteroatoms. The maximum Gasteiger partial charge on any atom is 0.509 e. The summed E-state index contributed by atoms with van der Waals surface area (Å²) in [6, 6.07) is 19.7. The van der Waals surface area contributed by atoms with E-state index in [9.17, 15) is 4.79 Å². The van der Waals surface area contributed by atoms with Crippen LogP contribution >= 0.6 is 0 Å². The fourth-order valence-corrected chi connectivity index (χ4v) is 2.62. The van der Waals surface area contributed by atoms with Crippen molar-refractivity contribution in [1.82, 2.24) is 0 Å². The molecule has 2 aromatic carbocycles. The van der Waals surface area contributed by atoms with Crippen LogP contribution < -0.4 is 0 Å². The quantitative estimate of drug-likeness (QED) is 0.486.